The first-order valence-electron chi connectivity index (χ1n) is 8.05. The lowest BCUT2D eigenvalue weighted by Gasteiger charge is -2.21. The summed E-state index contributed by atoms with van der Waals surface area (Å²) in [5.41, 5.74) is -0.627. The van der Waals surface area contributed by atoms with E-state index in [1.54, 1.807) is 30.1 Å². The van der Waals surface area contributed by atoms with Gasteiger partial charge in [-0.1, -0.05) is 46.9 Å². The van der Waals surface area contributed by atoms with Gasteiger partial charge in [0, 0.05) is 19.8 Å². The Morgan fingerprint density at radius 2 is 1.79 bits per heavy atom. The fourth-order valence-corrected chi connectivity index (χ4v) is 3.20. The summed E-state index contributed by atoms with van der Waals surface area (Å²) in [6.45, 7) is 0.294. The van der Waals surface area contributed by atoms with Gasteiger partial charge in [0.25, 0.3) is 5.56 Å². The lowest BCUT2D eigenvalue weighted by Crippen LogP contribution is -2.27. The smallest absolute Gasteiger partial charge is 0.368 e. The molecule has 3 rings (SSSR count). The van der Waals surface area contributed by atoms with Crippen LogP contribution < -0.4 is 10.5 Å². The van der Waals surface area contributed by atoms with Crippen molar-refractivity contribution in [1.29, 1.82) is 0 Å². The zero-order valence-electron chi connectivity index (χ0n) is 14.7. The average molecular weight is 464 g/mol. The van der Waals surface area contributed by atoms with Crippen LogP contribution in [0.1, 0.15) is 11.1 Å². The number of aromatic nitrogens is 3. The van der Waals surface area contributed by atoms with E-state index in [0.29, 0.717) is 34.0 Å². The van der Waals surface area contributed by atoms with E-state index in [-0.39, 0.29) is 10.8 Å². The van der Waals surface area contributed by atoms with Gasteiger partial charge in [0.05, 0.1) is 27.5 Å². The molecular formula is C18H12Cl3F3N4O. The Bertz CT molecular complexity index is 1100. The minimum atomic E-state index is -4.53. The van der Waals surface area contributed by atoms with Crippen LogP contribution >= 0.6 is 34.8 Å². The van der Waals surface area contributed by atoms with Crippen molar-refractivity contribution in [2.24, 2.45) is 0 Å². The van der Waals surface area contributed by atoms with E-state index in [2.05, 4.69) is 10.1 Å². The fraction of sp³-hybridized carbons (Fsp3) is 0.167. The Balaban J connectivity index is 1.91. The number of benzene rings is 1. The van der Waals surface area contributed by atoms with Crippen LogP contribution in [0.5, 0.6) is 0 Å². The molecule has 0 N–H and O–H groups in total. The number of hydrogen-bond donors (Lipinski definition) is 0. The first-order valence-corrected chi connectivity index (χ1v) is 9.18. The Hall–Kier alpha value is -2.29. The van der Waals surface area contributed by atoms with Gasteiger partial charge < -0.3 is 4.90 Å². The molecule has 0 fully saturated rings. The quantitative estimate of drug-likeness (QED) is 0.531. The molecule has 2 aromatic heterocycles. The fourth-order valence-electron chi connectivity index (χ4n) is 2.54. The maximum atomic E-state index is 12.7. The van der Waals surface area contributed by atoms with E-state index in [4.69, 9.17) is 34.8 Å². The standard InChI is InChI=1S/C18H12Cl3F3N4O/c1-27(9-10-3-2-4-12(19)15(10)20)13-8-26-28(17(29)16(13)21)14-6-5-11(7-25-14)18(22,23)24/h2-8H,9H2,1H3. The second kappa shape index (κ2) is 8.22. The largest absolute Gasteiger partial charge is 0.417 e. The minimum Gasteiger partial charge on any atom is -0.368 e. The maximum absolute atomic E-state index is 12.7. The predicted molar refractivity (Wildman–Crippen MR) is 106 cm³/mol. The van der Waals surface area contributed by atoms with Crippen LogP contribution in [-0.4, -0.2) is 21.8 Å². The van der Waals surface area contributed by atoms with Gasteiger partial charge in [0.2, 0.25) is 0 Å². The highest BCUT2D eigenvalue weighted by Crippen LogP contribution is 2.30. The van der Waals surface area contributed by atoms with E-state index in [1.165, 1.54) is 6.20 Å². The molecule has 0 radical (unpaired) electrons. The molecule has 11 heteroatoms. The highest BCUT2D eigenvalue weighted by atomic mass is 35.5. The molecule has 0 unspecified atom stereocenters. The van der Waals surface area contributed by atoms with E-state index < -0.39 is 17.3 Å². The van der Waals surface area contributed by atoms with Gasteiger partial charge in [-0.2, -0.15) is 23.0 Å². The zero-order chi connectivity index (χ0) is 21.3. The van der Waals surface area contributed by atoms with Gasteiger partial charge in [0.1, 0.15) is 5.02 Å². The summed E-state index contributed by atoms with van der Waals surface area (Å²) in [6, 6.07) is 7.03. The highest BCUT2D eigenvalue weighted by molar-refractivity contribution is 6.42. The molecule has 3 aromatic rings. The Labute approximate surface area is 178 Å². The third-order valence-corrected chi connectivity index (χ3v) is 5.26. The molecule has 152 valence electrons. The molecular weight excluding hydrogens is 452 g/mol. The monoisotopic (exact) mass is 462 g/mol. The van der Waals surface area contributed by atoms with E-state index >= 15 is 0 Å². The van der Waals surface area contributed by atoms with Gasteiger partial charge in [0.15, 0.2) is 5.82 Å². The lowest BCUT2D eigenvalue weighted by atomic mass is 10.2. The number of halogens is 6. The topological polar surface area (TPSA) is 51.0 Å². The van der Waals surface area contributed by atoms with Crippen molar-refractivity contribution in [3.8, 4) is 5.82 Å². The zero-order valence-corrected chi connectivity index (χ0v) is 17.0. The molecule has 0 atom stereocenters. The average Bonchev–Trinajstić information content (AvgIpc) is 2.67. The van der Waals surface area contributed by atoms with Crippen molar-refractivity contribution in [3.05, 3.63) is 79.3 Å². The molecule has 0 spiro atoms. The van der Waals surface area contributed by atoms with Crippen LogP contribution in [0.3, 0.4) is 0 Å². The number of nitrogens with zero attached hydrogens (tertiary/aromatic N) is 4. The number of alkyl halides is 3. The van der Waals surface area contributed by atoms with Gasteiger partial charge in [-0.3, -0.25) is 4.79 Å². The molecule has 0 aliphatic heterocycles. The summed E-state index contributed by atoms with van der Waals surface area (Å²) in [4.78, 5) is 17.9. The molecule has 0 saturated heterocycles. The molecule has 0 aliphatic carbocycles. The number of hydrogen-bond acceptors (Lipinski definition) is 4. The van der Waals surface area contributed by atoms with Gasteiger partial charge >= 0.3 is 6.18 Å². The van der Waals surface area contributed by atoms with E-state index in [0.717, 1.165) is 16.8 Å². The first-order chi connectivity index (χ1) is 13.6. The van der Waals surface area contributed by atoms with Crippen molar-refractivity contribution in [1.82, 2.24) is 14.8 Å². The summed E-state index contributed by atoms with van der Waals surface area (Å²) in [5, 5.41) is 4.59. The summed E-state index contributed by atoms with van der Waals surface area (Å²) < 4.78 is 38.8. The number of rotatable bonds is 4. The van der Waals surface area contributed by atoms with E-state index in [1.807, 2.05) is 0 Å². The second-order valence-corrected chi connectivity index (χ2v) is 7.20. The maximum Gasteiger partial charge on any atom is 0.417 e. The Morgan fingerprint density at radius 3 is 2.41 bits per heavy atom. The van der Waals surface area contributed by atoms with Gasteiger partial charge in [-0.05, 0) is 23.8 Å². The molecule has 0 saturated carbocycles. The molecule has 0 amide bonds. The SMILES string of the molecule is CN(Cc1cccc(Cl)c1Cl)c1cnn(-c2ccc(C(F)(F)F)cn2)c(=O)c1Cl. The van der Waals surface area contributed by atoms with Crippen LogP contribution in [0.25, 0.3) is 5.82 Å². The van der Waals surface area contributed by atoms with Crippen molar-refractivity contribution in [2.45, 2.75) is 12.7 Å². The molecule has 0 bridgehead atoms. The predicted octanol–water partition coefficient (Wildman–Crippen LogP) is 5.24. The number of pyridine rings is 1. The van der Waals surface area contributed by atoms with E-state index in [9.17, 15) is 18.0 Å². The van der Waals surface area contributed by atoms with Crippen LogP contribution in [-0.2, 0) is 12.7 Å². The molecule has 5 nitrogen and oxygen atoms in total. The third kappa shape index (κ3) is 4.49. The summed E-state index contributed by atoms with van der Waals surface area (Å²) in [7, 11) is 1.68. The van der Waals surface area contributed by atoms with Crippen molar-refractivity contribution in [3.63, 3.8) is 0 Å². The first kappa shape index (κ1) is 21.4. The van der Waals surface area contributed by atoms with Gasteiger partial charge in [-0.15, -0.1) is 0 Å². The molecule has 29 heavy (non-hydrogen) atoms. The molecule has 2 heterocycles. The van der Waals surface area contributed by atoms with Crippen LogP contribution in [0.15, 0.2) is 47.5 Å². The normalized spacial score (nSPS) is 11.6. The van der Waals surface area contributed by atoms with Crippen molar-refractivity contribution < 1.29 is 13.2 Å². The summed E-state index contributed by atoms with van der Waals surface area (Å²) in [6.07, 6.45) is -2.59. The molecule has 1 aromatic carbocycles. The third-order valence-electron chi connectivity index (χ3n) is 4.04. The van der Waals surface area contributed by atoms with Crippen LogP contribution in [0, 0.1) is 0 Å². The Kier molecular flexibility index (Phi) is 6.07. The second-order valence-electron chi connectivity index (χ2n) is 6.03. The molecule has 0 aliphatic rings. The minimum absolute atomic E-state index is 0.0861. The van der Waals surface area contributed by atoms with Crippen LogP contribution in [0.2, 0.25) is 15.1 Å². The van der Waals surface area contributed by atoms with Crippen molar-refractivity contribution in [2.75, 3.05) is 11.9 Å². The Morgan fingerprint density at radius 1 is 1.07 bits per heavy atom. The summed E-state index contributed by atoms with van der Waals surface area (Å²) in [5.74, 6) is -0.0861. The number of anilines is 1. The van der Waals surface area contributed by atoms with Crippen molar-refractivity contribution >= 4 is 40.5 Å². The highest BCUT2D eigenvalue weighted by Gasteiger charge is 2.30. The van der Waals surface area contributed by atoms with Gasteiger partial charge in [-0.25, -0.2) is 4.98 Å². The van der Waals surface area contributed by atoms with Crippen LogP contribution in [0.4, 0.5) is 18.9 Å². The lowest BCUT2D eigenvalue weighted by molar-refractivity contribution is -0.137. The summed E-state index contributed by atoms with van der Waals surface area (Å²) >= 11 is 18.4.